The van der Waals surface area contributed by atoms with Crippen molar-refractivity contribution in [1.29, 1.82) is 0 Å². The summed E-state index contributed by atoms with van der Waals surface area (Å²) in [4.78, 5) is 0. The first-order valence-electron chi connectivity index (χ1n) is 4.60. The van der Waals surface area contributed by atoms with Crippen LogP contribution in [0.1, 0.15) is 18.1 Å². The molecule has 1 atom stereocenters. The van der Waals surface area contributed by atoms with Crippen LogP contribution in [0.3, 0.4) is 0 Å². The van der Waals surface area contributed by atoms with Crippen molar-refractivity contribution < 1.29 is 0 Å². The highest BCUT2D eigenvalue weighted by molar-refractivity contribution is 5.47. The molecule has 0 saturated heterocycles. The summed E-state index contributed by atoms with van der Waals surface area (Å²) in [6.45, 7) is 9.70. The van der Waals surface area contributed by atoms with E-state index in [9.17, 15) is 0 Å². The second-order valence-corrected chi connectivity index (χ2v) is 3.37. The maximum Gasteiger partial charge on any atom is -0.0218 e. The molecular weight excluding hydrogens is 156 g/mol. The lowest BCUT2D eigenvalue weighted by Gasteiger charge is -2.06. The highest BCUT2D eigenvalue weighted by Crippen LogP contribution is 2.11. The van der Waals surface area contributed by atoms with Crippen LogP contribution in [0.5, 0.6) is 0 Å². The lowest BCUT2D eigenvalue weighted by Crippen LogP contribution is -1.95. The van der Waals surface area contributed by atoms with Crippen molar-refractivity contribution in [2.24, 2.45) is 5.92 Å². The zero-order valence-corrected chi connectivity index (χ0v) is 8.16. The first kappa shape index (κ1) is 9.79. The Morgan fingerprint density at radius 3 is 2.77 bits per heavy atom. The summed E-state index contributed by atoms with van der Waals surface area (Å²) in [7, 11) is 0. The van der Waals surface area contributed by atoms with Crippen LogP contribution >= 0.6 is 0 Å². The number of benzene rings is 1. The molecule has 0 aliphatic rings. The molecule has 0 aliphatic heterocycles. The molecule has 0 N–H and O–H groups in total. The molecule has 0 heteroatoms. The van der Waals surface area contributed by atoms with Crippen molar-refractivity contribution in [3.8, 4) is 0 Å². The number of rotatable bonds is 4. The van der Waals surface area contributed by atoms with Crippen LogP contribution in [-0.4, -0.2) is 0 Å². The van der Waals surface area contributed by atoms with E-state index in [1.165, 1.54) is 11.1 Å². The van der Waals surface area contributed by atoms with Gasteiger partial charge in [-0.3, -0.25) is 0 Å². The zero-order valence-electron chi connectivity index (χ0n) is 8.16. The molecule has 1 rings (SSSR count). The van der Waals surface area contributed by atoms with Gasteiger partial charge in [-0.2, -0.15) is 0 Å². The van der Waals surface area contributed by atoms with Crippen LogP contribution in [0.4, 0.5) is 0 Å². The van der Waals surface area contributed by atoms with Crippen molar-refractivity contribution >= 4 is 6.08 Å². The van der Waals surface area contributed by atoms with Crippen LogP contribution < -0.4 is 0 Å². The predicted octanol–water partition coefficient (Wildman–Crippen LogP) is 3.69. The molecular formula is C13H16. The van der Waals surface area contributed by atoms with Gasteiger partial charge in [-0.05, 0) is 23.5 Å². The van der Waals surface area contributed by atoms with Crippen LogP contribution in [-0.2, 0) is 6.42 Å². The smallest absolute Gasteiger partial charge is 0.0218 e. The number of hydrogen-bond donors (Lipinski definition) is 0. The largest absolute Gasteiger partial charge is 0.103 e. The van der Waals surface area contributed by atoms with Crippen molar-refractivity contribution in [3.63, 3.8) is 0 Å². The molecule has 1 aromatic carbocycles. The van der Waals surface area contributed by atoms with E-state index in [1.54, 1.807) is 0 Å². The predicted molar refractivity (Wildman–Crippen MR) is 59.6 cm³/mol. The van der Waals surface area contributed by atoms with E-state index in [1.807, 2.05) is 12.2 Å². The molecule has 0 radical (unpaired) electrons. The van der Waals surface area contributed by atoms with Gasteiger partial charge < -0.3 is 0 Å². The summed E-state index contributed by atoms with van der Waals surface area (Å²) < 4.78 is 0. The molecule has 0 spiro atoms. The van der Waals surface area contributed by atoms with E-state index >= 15 is 0 Å². The Morgan fingerprint density at radius 1 is 1.38 bits per heavy atom. The quantitative estimate of drug-likeness (QED) is 0.607. The Labute approximate surface area is 80.6 Å². The van der Waals surface area contributed by atoms with Crippen LogP contribution in [0.2, 0.25) is 0 Å². The van der Waals surface area contributed by atoms with Gasteiger partial charge in [0.1, 0.15) is 0 Å². The second kappa shape index (κ2) is 4.66. The third kappa shape index (κ3) is 2.90. The van der Waals surface area contributed by atoms with Gasteiger partial charge in [-0.1, -0.05) is 49.9 Å². The number of hydrogen-bond acceptors (Lipinski definition) is 0. The van der Waals surface area contributed by atoms with E-state index in [0.29, 0.717) is 5.92 Å². The standard InChI is InChI=1S/C13H16/c1-4-11(3)9-13-8-6-7-12(5-2)10-13/h4-8,10-11H,1-2,9H2,3H3. The Hall–Kier alpha value is -1.30. The molecule has 0 amide bonds. The minimum Gasteiger partial charge on any atom is -0.103 e. The van der Waals surface area contributed by atoms with Crippen molar-refractivity contribution in [2.45, 2.75) is 13.3 Å². The van der Waals surface area contributed by atoms with Gasteiger partial charge in [-0.15, -0.1) is 6.58 Å². The SMILES string of the molecule is C=Cc1cccc(CC(C)C=C)c1. The normalized spacial score (nSPS) is 12.1. The van der Waals surface area contributed by atoms with E-state index in [0.717, 1.165) is 6.42 Å². The first-order valence-corrected chi connectivity index (χ1v) is 4.60. The summed E-state index contributed by atoms with van der Waals surface area (Å²) in [5.74, 6) is 0.542. The molecule has 0 fully saturated rings. The summed E-state index contributed by atoms with van der Waals surface area (Å²) in [6.07, 6.45) is 4.92. The molecule has 0 saturated carbocycles. The Kier molecular flexibility index (Phi) is 3.51. The van der Waals surface area contributed by atoms with E-state index in [2.05, 4.69) is 44.3 Å². The Morgan fingerprint density at radius 2 is 2.15 bits per heavy atom. The van der Waals surface area contributed by atoms with Crippen molar-refractivity contribution in [1.82, 2.24) is 0 Å². The Balaban J connectivity index is 2.77. The third-order valence-electron chi connectivity index (χ3n) is 2.15. The Bertz CT molecular complexity index is 297. The minimum absolute atomic E-state index is 0.542. The molecule has 0 bridgehead atoms. The van der Waals surface area contributed by atoms with Crippen LogP contribution in [0.25, 0.3) is 6.08 Å². The third-order valence-corrected chi connectivity index (χ3v) is 2.15. The summed E-state index contributed by atoms with van der Waals surface area (Å²) in [6, 6.07) is 8.46. The zero-order chi connectivity index (χ0) is 9.68. The molecule has 0 aromatic heterocycles. The summed E-state index contributed by atoms with van der Waals surface area (Å²) in [5.41, 5.74) is 2.54. The monoisotopic (exact) mass is 172 g/mol. The lowest BCUT2D eigenvalue weighted by molar-refractivity contribution is 0.725. The molecule has 68 valence electrons. The topological polar surface area (TPSA) is 0 Å². The fourth-order valence-corrected chi connectivity index (χ4v) is 1.30. The fourth-order valence-electron chi connectivity index (χ4n) is 1.30. The maximum atomic E-state index is 3.78. The molecule has 0 heterocycles. The van der Waals surface area contributed by atoms with Gasteiger partial charge in [0.25, 0.3) is 0 Å². The van der Waals surface area contributed by atoms with Gasteiger partial charge in [-0.25, -0.2) is 0 Å². The van der Waals surface area contributed by atoms with Crippen molar-refractivity contribution in [2.75, 3.05) is 0 Å². The van der Waals surface area contributed by atoms with E-state index in [-0.39, 0.29) is 0 Å². The molecule has 0 nitrogen and oxygen atoms in total. The van der Waals surface area contributed by atoms with Gasteiger partial charge in [0.2, 0.25) is 0 Å². The van der Waals surface area contributed by atoms with Gasteiger partial charge in [0, 0.05) is 0 Å². The van der Waals surface area contributed by atoms with E-state index in [4.69, 9.17) is 0 Å². The average Bonchev–Trinajstić information content (AvgIpc) is 2.18. The molecule has 0 aliphatic carbocycles. The van der Waals surface area contributed by atoms with Gasteiger partial charge in [0.15, 0.2) is 0 Å². The van der Waals surface area contributed by atoms with Gasteiger partial charge >= 0.3 is 0 Å². The van der Waals surface area contributed by atoms with Crippen LogP contribution in [0.15, 0.2) is 43.5 Å². The minimum atomic E-state index is 0.542. The molecule has 13 heavy (non-hydrogen) atoms. The summed E-state index contributed by atoms with van der Waals surface area (Å²) >= 11 is 0. The highest BCUT2D eigenvalue weighted by atomic mass is 14.0. The number of allylic oxidation sites excluding steroid dienone is 1. The highest BCUT2D eigenvalue weighted by Gasteiger charge is 1.98. The molecule has 1 unspecified atom stereocenters. The van der Waals surface area contributed by atoms with E-state index < -0.39 is 0 Å². The maximum absolute atomic E-state index is 3.78. The lowest BCUT2D eigenvalue weighted by atomic mass is 10.00. The second-order valence-electron chi connectivity index (χ2n) is 3.37. The first-order chi connectivity index (χ1) is 6.26. The van der Waals surface area contributed by atoms with Crippen molar-refractivity contribution in [3.05, 3.63) is 54.6 Å². The average molecular weight is 172 g/mol. The van der Waals surface area contributed by atoms with Gasteiger partial charge in [0.05, 0.1) is 0 Å². The fraction of sp³-hybridized carbons (Fsp3) is 0.231. The van der Waals surface area contributed by atoms with Crippen LogP contribution in [0, 0.1) is 5.92 Å². The molecule has 1 aromatic rings. The summed E-state index contributed by atoms with van der Waals surface area (Å²) in [5, 5.41) is 0.